The van der Waals surface area contributed by atoms with Crippen LogP contribution in [0.3, 0.4) is 0 Å². The lowest BCUT2D eigenvalue weighted by molar-refractivity contribution is 0.180. The highest BCUT2D eigenvalue weighted by atomic mass is 32.2. The van der Waals surface area contributed by atoms with E-state index in [2.05, 4.69) is 14.9 Å². The fourth-order valence-corrected chi connectivity index (χ4v) is 2.14. The second kappa shape index (κ2) is 7.47. The second-order valence-electron chi connectivity index (χ2n) is 3.98. The van der Waals surface area contributed by atoms with Gasteiger partial charge in [0.25, 0.3) is 5.56 Å². The van der Waals surface area contributed by atoms with Crippen molar-refractivity contribution >= 4 is 11.8 Å². The summed E-state index contributed by atoms with van der Waals surface area (Å²) in [4.78, 5) is 20.5. The highest BCUT2D eigenvalue weighted by Crippen LogP contribution is 2.12. The first-order valence-electron chi connectivity index (χ1n) is 5.48. The van der Waals surface area contributed by atoms with E-state index in [-0.39, 0.29) is 5.56 Å². The standard InChI is InChI=1S/C11H19N3O2S/c1-14(2)5-4-6-17-11-12-9(8-16-3)7-10(15)13-11/h7H,4-6,8H2,1-3H3,(H,12,13,15). The molecule has 17 heavy (non-hydrogen) atoms. The number of nitrogens with zero attached hydrogens (tertiary/aromatic N) is 2. The zero-order valence-corrected chi connectivity index (χ0v) is 11.3. The molecule has 0 radical (unpaired) electrons. The fraction of sp³-hybridized carbons (Fsp3) is 0.636. The minimum Gasteiger partial charge on any atom is -0.378 e. The highest BCUT2D eigenvalue weighted by molar-refractivity contribution is 7.99. The Morgan fingerprint density at radius 3 is 2.94 bits per heavy atom. The molecule has 1 rings (SSSR count). The molecule has 1 aromatic rings. The van der Waals surface area contributed by atoms with Crippen LogP contribution < -0.4 is 5.56 Å². The van der Waals surface area contributed by atoms with Gasteiger partial charge >= 0.3 is 0 Å². The van der Waals surface area contributed by atoms with Gasteiger partial charge in [0.2, 0.25) is 0 Å². The van der Waals surface area contributed by atoms with Gasteiger partial charge < -0.3 is 14.6 Å². The van der Waals surface area contributed by atoms with Gasteiger partial charge in [0, 0.05) is 18.9 Å². The number of hydrogen-bond donors (Lipinski definition) is 1. The first-order chi connectivity index (χ1) is 8.11. The van der Waals surface area contributed by atoms with Crippen molar-refractivity contribution < 1.29 is 4.74 Å². The molecule has 96 valence electrons. The molecule has 0 aliphatic heterocycles. The van der Waals surface area contributed by atoms with Gasteiger partial charge in [-0.3, -0.25) is 4.79 Å². The van der Waals surface area contributed by atoms with Gasteiger partial charge in [0.1, 0.15) is 0 Å². The highest BCUT2D eigenvalue weighted by Gasteiger charge is 2.02. The Kier molecular flexibility index (Phi) is 6.25. The fourth-order valence-electron chi connectivity index (χ4n) is 1.32. The summed E-state index contributed by atoms with van der Waals surface area (Å²) in [6, 6.07) is 1.47. The largest absolute Gasteiger partial charge is 0.378 e. The molecule has 1 heterocycles. The summed E-state index contributed by atoms with van der Waals surface area (Å²) in [5.74, 6) is 0.942. The van der Waals surface area contributed by atoms with Gasteiger partial charge in [-0.15, -0.1) is 0 Å². The van der Waals surface area contributed by atoms with Crippen molar-refractivity contribution in [2.24, 2.45) is 0 Å². The van der Waals surface area contributed by atoms with Crippen molar-refractivity contribution in [3.05, 3.63) is 22.1 Å². The number of aromatic amines is 1. The molecule has 0 amide bonds. The van der Waals surface area contributed by atoms with Crippen molar-refractivity contribution in [1.29, 1.82) is 0 Å². The summed E-state index contributed by atoms with van der Waals surface area (Å²) in [5.41, 5.74) is 0.550. The van der Waals surface area contributed by atoms with Crippen molar-refractivity contribution in [2.75, 3.05) is 33.5 Å². The number of thioether (sulfide) groups is 1. The Labute approximate surface area is 106 Å². The lowest BCUT2D eigenvalue weighted by Crippen LogP contribution is -2.14. The van der Waals surface area contributed by atoms with Crippen LogP contribution in [0.5, 0.6) is 0 Å². The van der Waals surface area contributed by atoms with Gasteiger partial charge in [-0.05, 0) is 27.1 Å². The number of ether oxygens (including phenoxy) is 1. The summed E-state index contributed by atoms with van der Waals surface area (Å²) in [6.45, 7) is 1.41. The summed E-state index contributed by atoms with van der Waals surface area (Å²) in [5, 5.41) is 0.670. The molecule has 0 aliphatic carbocycles. The molecule has 0 fully saturated rings. The summed E-state index contributed by atoms with van der Waals surface area (Å²) in [6.07, 6.45) is 1.07. The minimum atomic E-state index is -0.123. The molecule has 6 heteroatoms. The molecule has 0 unspecified atom stereocenters. The van der Waals surface area contributed by atoms with E-state index in [0.717, 1.165) is 18.7 Å². The van der Waals surface area contributed by atoms with Crippen molar-refractivity contribution in [2.45, 2.75) is 18.2 Å². The molecule has 0 saturated heterocycles. The molecular formula is C11H19N3O2S. The van der Waals surface area contributed by atoms with Crippen molar-refractivity contribution in [1.82, 2.24) is 14.9 Å². The number of aromatic nitrogens is 2. The lowest BCUT2D eigenvalue weighted by atomic mass is 10.4. The summed E-state index contributed by atoms with van der Waals surface area (Å²) in [7, 11) is 5.68. The third-order valence-corrected chi connectivity index (χ3v) is 3.01. The zero-order chi connectivity index (χ0) is 12.7. The number of H-pyrrole nitrogens is 1. The molecule has 5 nitrogen and oxygen atoms in total. The van der Waals surface area contributed by atoms with E-state index in [1.54, 1.807) is 18.9 Å². The van der Waals surface area contributed by atoms with E-state index < -0.39 is 0 Å². The average Bonchev–Trinajstić information content (AvgIpc) is 2.24. The van der Waals surface area contributed by atoms with E-state index in [1.165, 1.54) is 6.07 Å². The molecule has 1 N–H and O–H groups in total. The monoisotopic (exact) mass is 257 g/mol. The predicted molar refractivity (Wildman–Crippen MR) is 69.5 cm³/mol. The maximum atomic E-state index is 11.4. The Morgan fingerprint density at radius 2 is 2.29 bits per heavy atom. The molecular weight excluding hydrogens is 238 g/mol. The van der Waals surface area contributed by atoms with Gasteiger partial charge in [0.15, 0.2) is 5.16 Å². The molecule has 0 bridgehead atoms. The number of hydrogen-bond acceptors (Lipinski definition) is 5. The lowest BCUT2D eigenvalue weighted by Gasteiger charge is -2.08. The summed E-state index contributed by atoms with van der Waals surface area (Å²) < 4.78 is 4.96. The van der Waals surface area contributed by atoms with Gasteiger partial charge in [-0.25, -0.2) is 4.98 Å². The van der Waals surface area contributed by atoms with E-state index in [0.29, 0.717) is 17.5 Å². The second-order valence-corrected chi connectivity index (χ2v) is 5.06. The Bertz CT molecular complexity index is 393. The van der Waals surface area contributed by atoms with Gasteiger partial charge in [0.05, 0.1) is 12.3 Å². The third-order valence-electron chi connectivity index (χ3n) is 2.05. The topological polar surface area (TPSA) is 58.2 Å². The zero-order valence-electron chi connectivity index (χ0n) is 10.5. The van der Waals surface area contributed by atoms with Crippen LogP contribution in [0.1, 0.15) is 12.1 Å². The van der Waals surface area contributed by atoms with Crippen LogP contribution >= 0.6 is 11.8 Å². The van der Waals surface area contributed by atoms with E-state index in [4.69, 9.17) is 4.74 Å². The Balaban J connectivity index is 2.50. The van der Waals surface area contributed by atoms with Crippen LogP contribution in [0, 0.1) is 0 Å². The normalized spacial score (nSPS) is 11.1. The Morgan fingerprint density at radius 1 is 1.53 bits per heavy atom. The van der Waals surface area contributed by atoms with Crippen LogP contribution in [0.2, 0.25) is 0 Å². The van der Waals surface area contributed by atoms with E-state index in [9.17, 15) is 4.79 Å². The maximum absolute atomic E-state index is 11.4. The van der Waals surface area contributed by atoms with Crippen LogP contribution in [-0.4, -0.2) is 48.4 Å². The van der Waals surface area contributed by atoms with Crippen LogP contribution in [0.4, 0.5) is 0 Å². The average molecular weight is 257 g/mol. The quantitative estimate of drug-likeness (QED) is 0.448. The third kappa shape index (κ3) is 5.86. The summed E-state index contributed by atoms with van der Waals surface area (Å²) >= 11 is 1.57. The van der Waals surface area contributed by atoms with Crippen LogP contribution in [-0.2, 0) is 11.3 Å². The van der Waals surface area contributed by atoms with E-state index in [1.807, 2.05) is 14.1 Å². The van der Waals surface area contributed by atoms with Crippen molar-refractivity contribution in [3.63, 3.8) is 0 Å². The molecule has 0 atom stereocenters. The number of rotatable bonds is 7. The minimum absolute atomic E-state index is 0.123. The molecule has 0 aromatic carbocycles. The first kappa shape index (κ1) is 14.2. The van der Waals surface area contributed by atoms with Crippen LogP contribution in [0.15, 0.2) is 16.0 Å². The van der Waals surface area contributed by atoms with Crippen LogP contribution in [0.25, 0.3) is 0 Å². The maximum Gasteiger partial charge on any atom is 0.251 e. The van der Waals surface area contributed by atoms with Crippen molar-refractivity contribution in [3.8, 4) is 0 Å². The smallest absolute Gasteiger partial charge is 0.251 e. The molecule has 1 aromatic heterocycles. The molecule has 0 spiro atoms. The number of methoxy groups -OCH3 is 1. The predicted octanol–water partition coefficient (Wildman–Crippen LogP) is 0.960. The van der Waals surface area contributed by atoms with Gasteiger partial charge in [-0.1, -0.05) is 11.8 Å². The molecule has 0 saturated carbocycles. The Hall–Kier alpha value is -0.850. The van der Waals surface area contributed by atoms with E-state index >= 15 is 0 Å². The van der Waals surface area contributed by atoms with Gasteiger partial charge in [-0.2, -0.15) is 0 Å². The number of nitrogens with one attached hydrogen (secondary N) is 1. The first-order valence-corrected chi connectivity index (χ1v) is 6.47. The SMILES string of the molecule is COCc1cc(=O)[nH]c(SCCCN(C)C)n1. The molecule has 0 aliphatic rings.